The molecule has 0 amide bonds. The summed E-state index contributed by atoms with van der Waals surface area (Å²) in [6.45, 7) is 2.24. The van der Waals surface area contributed by atoms with E-state index in [0.29, 0.717) is 12.4 Å². The van der Waals surface area contributed by atoms with Crippen molar-refractivity contribution in [2.24, 2.45) is 0 Å². The summed E-state index contributed by atoms with van der Waals surface area (Å²) in [5.74, 6) is 0.284. The van der Waals surface area contributed by atoms with Gasteiger partial charge in [0.1, 0.15) is 11.7 Å². The summed E-state index contributed by atoms with van der Waals surface area (Å²) < 4.78 is 11.8. The standard InChI is InChI=1S/C11H15N3O3S/c1-7(10(15)17-3)12-6-8-9(16-2)13-11-14(8)4-5-18-11/h4-5,7,12H,6H2,1-3H3. The number of nitrogens with zero attached hydrogens (tertiary/aromatic N) is 2. The minimum absolute atomic E-state index is 0.292. The van der Waals surface area contributed by atoms with E-state index in [1.54, 1.807) is 14.0 Å². The number of nitrogens with one attached hydrogen (secondary N) is 1. The van der Waals surface area contributed by atoms with Gasteiger partial charge < -0.3 is 9.47 Å². The van der Waals surface area contributed by atoms with Gasteiger partial charge in [0.15, 0.2) is 4.96 Å². The van der Waals surface area contributed by atoms with Crippen LogP contribution in [0.1, 0.15) is 12.6 Å². The summed E-state index contributed by atoms with van der Waals surface area (Å²) >= 11 is 1.54. The molecule has 18 heavy (non-hydrogen) atoms. The van der Waals surface area contributed by atoms with Crippen molar-refractivity contribution in [3.63, 3.8) is 0 Å². The lowest BCUT2D eigenvalue weighted by Gasteiger charge is -2.11. The second kappa shape index (κ2) is 5.36. The van der Waals surface area contributed by atoms with E-state index in [2.05, 4.69) is 15.0 Å². The quantitative estimate of drug-likeness (QED) is 0.822. The number of carbonyl (C=O) groups is 1. The topological polar surface area (TPSA) is 64.9 Å². The van der Waals surface area contributed by atoms with Crippen molar-refractivity contribution >= 4 is 22.3 Å². The molecule has 7 heteroatoms. The van der Waals surface area contributed by atoms with Crippen molar-refractivity contribution in [1.29, 1.82) is 0 Å². The maximum absolute atomic E-state index is 11.3. The van der Waals surface area contributed by atoms with E-state index in [9.17, 15) is 4.79 Å². The number of imidazole rings is 1. The SMILES string of the molecule is COC(=O)C(C)NCc1c(OC)nc2sccn12. The van der Waals surface area contributed by atoms with Crippen LogP contribution in [0.3, 0.4) is 0 Å². The maximum atomic E-state index is 11.3. The minimum Gasteiger partial charge on any atom is -0.480 e. The molecule has 0 radical (unpaired) electrons. The van der Waals surface area contributed by atoms with Crippen molar-refractivity contribution in [3.05, 3.63) is 17.3 Å². The second-order valence-electron chi connectivity index (χ2n) is 3.75. The number of fused-ring (bicyclic) bond motifs is 1. The third-order valence-electron chi connectivity index (χ3n) is 2.65. The molecule has 0 saturated carbocycles. The van der Waals surface area contributed by atoms with E-state index in [4.69, 9.17) is 4.74 Å². The molecular formula is C11H15N3O3S. The molecule has 0 aliphatic rings. The van der Waals surface area contributed by atoms with Crippen LogP contribution in [0.4, 0.5) is 0 Å². The molecule has 0 bridgehead atoms. The largest absolute Gasteiger partial charge is 0.480 e. The van der Waals surface area contributed by atoms with E-state index in [1.165, 1.54) is 18.4 Å². The number of aromatic nitrogens is 2. The van der Waals surface area contributed by atoms with Gasteiger partial charge in [0.25, 0.3) is 0 Å². The molecule has 0 spiro atoms. The number of ether oxygens (including phenoxy) is 2. The number of methoxy groups -OCH3 is 2. The van der Waals surface area contributed by atoms with Crippen molar-refractivity contribution in [2.75, 3.05) is 14.2 Å². The normalized spacial score (nSPS) is 12.6. The van der Waals surface area contributed by atoms with Crippen molar-refractivity contribution in [2.45, 2.75) is 19.5 Å². The molecule has 6 nitrogen and oxygen atoms in total. The lowest BCUT2D eigenvalue weighted by Crippen LogP contribution is -2.34. The number of hydrogen-bond donors (Lipinski definition) is 1. The van der Waals surface area contributed by atoms with E-state index >= 15 is 0 Å². The molecule has 98 valence electrons. The van der Waals surface area contributed by atoms with Crippen LogP contribution < -0.4 is 10.1 Å². The zero-order valence-electron chi connectivity index (χ0n) is 10.5. The van der Waals surface area contributed by atoms with Crippen LogP contribution in [0.2, 0.25) is 0 Å². The predicted octanol–water partition coefficient (Wildman–Crippen LogP) is 1.06. The smallest absolute Gasteiger partial charge is 0.322 e. The van der Waals surface area contributed by atoms with Crippen LogP contribution in [0.25, 0.3) is 4.96 Å². The minimum atomic E-state index is -0.371. The molecule has 1 unspecified atom stereocenters. The van der Waals surface area contributed by atoms with Gasteiger partial charge in [-0.1, -0.05) is 0 Å². The first kappa shape index (κ1) is 12.8. The molecule has 1 atom stereocenters. The average molecular weight is 269 g/mol. The van der Waals surface area contributed by atoms with E-state index in [-0.39, 0.29) is 12.0 Å². The Morgan fingerprint density at radius 1 is 1.61 bits per heavy atom. The number of rotatable bonds is 5. The van der Waals surface area contributed by atoms with Gasteiger partial charge >= 0.3 is 5.97 Å². The number of thiazole rings is 1. The van der Waals surface area contributed by atoms with Crippen molar-refractivity contribution in [3.8, 4) is 5.88 Å². The van der Waals surface area contributed by atoms with Gasteiger partial charge in [-0.05, 0) is 6.92 Å². The third-order valence-corrected chi connectivity index (χ3v) is 3.40. The number of esters is 1. The Morgan fingerprint density at radius 3 is 3.06 bits per heavy atom. The Kier molecular flexibility index (Phi) is 3.83. The Morgan fingerprint density at radius 2 is 2.39 bits per heavy atom. The molecular weight excluding hydrogens is 254 g/mol. The molecule has 0 aromatic carbocycles. The lowest BCUT2D eigenvalue weighted by molar-refractivity contribution is -0.142. The zero-order chi connectivity index (χ0) is 13.1. The van der Waals surface area contributed by atoms with Gasteiger partial charge in [0, 0.05) is 18.1 Å². The van der Waals surface area contributed by atoms with Crippen LogP contribution >= 0.6 is 11.3 Å². The van der Waals surface area contributed by atoms with Gasteiger partial charge in [-0.25, -0.2) is 0 Å². The molecule has 2 rings (SSSR count). The molecule has 0 fully saturated rings. The highest BCUT2D eigenvalue weighted by Crippen LogP contribution is 2.22. The fourth-order valence-corrected chi connectivity index (χ4v) is 2.37. The summed E-state index contributed by atoms with van der Waals surface area (Å²) in [5.41, 5.74) is 0.893. The van der Waals surface area contributed by atoms with Crippen LogP contribution in [0.15, 0.2) is 11.6 Å². The number of carbonyl (C=O) groups excluding carboxylic acids is 1. The maximum Gasteiger partial charge on any atom is 0.322 e. The zero-order valence-corrected chi connectivity index (χ0v) is 11.3. The van der Waals surface area contributed by atoms with Crippen LogP contribution in [-0.4, -0.2) is 35.6 Å². The molecule has 0 saturated heterocycles. The first-order valence-corrected chi connectivity index (χ1v) is 6.35. The molecule has 2 aromatic heterocycles. The lowest BCUT2D eigenvalue weighted by atomic mass is 10.3. The molecule has 0 aliphatic carbocycles. The third kappa shape index (κ3) is 2.32. The Bertz CT molecular complexity index is 549. The Labute approximate surface area is 109 Å². The predicted molar refractivity (Wildman–Crippen MR) is 67.9 cm³/mol. The fraction of sp³-hybridized carbons (Fsp3) is 0.455. The summed E-state index contributed by atoms with van der Waals surface area (Å²) in [6, 6.07) is -0.371. The molecule has 0 aliphatic heterocycles. The highest BCUT2D eigenvalue weighted by Gasteiger charge is 2.17. The molecule has 2 aromatic rings. The van der Waals surface area contributed by atoms with Crippen LogP contribution in [0, 0.1) is 0 Å². The molecule has 1 N–H and O–H groups in total. The van der Waals surface area contributed by atoms with Gasteiger partial charge in [-0.3, -0.25) is 14.5 Å². The Balaban J connectivity index is 2.15. The summed E-state index contributed by atoms with van der Waals surface area (Å²) in [4.78, 5) is 16.5. The van der Waals surface area contributed by atoms with Crippen LogP contribution in [0.5, 0.6) is 5.88 Å². The van der Waals surface area contributed by atoms with Crippen LogP contribution in [-0.2, 0) is 16.1 Å². The molecule has 2 heterocycles. The summed E-state index contributed by atoms with van der Waals surface area (Å²) in [7, 11) is 2.96. The van der Waals surface area contributed by atoms with E-state index in [1.807, 2.05) is 16.0 Å². The monoisotopic (exact) mass is 269 g/mol. The van der Waals surface area contributed by atoms with Gasteiger partial charge in [-0.2, -0.15) is 4.98 Å². The highest BCUT2D eigenvalue weighted by molar-refractivity contribution is 7.15. The van der Waals surface area contributed by atoms with E-state index < -0.39 is 0 Å². The summed E-state index contributed by atoms with van der Waals surface area (Å²) in [6.07, 6.45) is 1.93. The highest BCUT2D eigenvalue weighted by atomic mass is 32.1. The first-order valence-electron chi connectivity index (χ1n) is 5.47. The second-order valence-corrected chi connectivity index (χ2v) is 4.62. The van der Waals surface area contributed by atoms with Gasteiger partial charge in [0.05, 0.1) is 14.2 Å². The average Bonchev–Trinajstić information content (AvgIpc) is 2.95. The van der Waals surface area contributed by atoms with Crippen molar-refractivity contribution < 1.29 is 14.3 Å². The summed E-state index contributed by atoms with van der Waals surface area (Å²) in [5, 5.41) is 5.04. The van der Waals surface area contributed by atoms with E-state index in [0.717, 1.165) is 10.7 Å². The Hall–Kier alpha value is -1.60. The number of hydrogen-bond acceptors (Lipinski definition) is 6. The van der Waals surface area contributed by atoms with Gasteiger partial charge in [-0.15, -0.1) is 11.3 Å². The fourth-order valence-electron chi connectivity index (χ4n) is 1.65. The first-order chi connectivity index (χ1) is 8.67. The van der Waals surface area contributed by atoms with Gasteiger partial charge in [0.2, 0.25) is 5.88 Å². The van der Waals surface area contributed by atoms with Crippen molar-refractivity contribution in [1.82, 2.24) is 14.7 Å².